The number of aromatic nitrogens is 1. The third kappa shape index (κ3) is 3.08. The fraction of sp³-hybridized carbons (Fsp3) is 0.556. The molecule has 14 heavy (non-hydrogen) atoms. The first-order chi connectivity index (χ1) is 6.61. The summed E-state index contributed by atoms with van der Waals surface area (Å²) in [5, 5.41) is 13.4. The Hall–Kier alpha value is -0.940. The van der Waals surface area contributed by atoms with E-state index in [0.29, 0.717) is 18.5 Å². The molecule has 0 saturated carbocycles. The van der Waals surface area contributed by atoms with Gasteiger partial charge in [-0.15, -0.1) is 0 Å². The molecule has 1 rings (SSSR count). The van der Waals surface area contributed by atoms with E-state index in [0.717, 1.165) is 5.69 Å². The molecule has 1 heterocycles. The smallest absolute Gasteiger partial charge is 0.254 e. The lowest BCUT2D eigenvalue weighted by molar-refractivity contribution is 0.0945. The molecule has 1 atom stereocenters. The van der Waals surface area contributed by atoms with Crippen LogP contribution in [0, 0.1) is 6.92 Å². The average molecular weight is 214 g/mol. The van der Waals surface area contributed by atoms with Crippen LogP contribution in [-0.4, -0.2) is 28.0 Å². The SMILES string of the molecule is Cc1nscc1C(=O)NCCC(C)O. The number of aryl methyl sites for hydroxylation is 1. The Kier molecular flexibility index (Phi) is 4.03. The van der Waals surface area contributed by atoms with Crippen molar-refractivity contribution in [3.05, 3.63) is 16.6 Å². The molecule has 0 aromatic carbocycles. The van der Waals surface area contributed by atoms with E-state index in [1.54, 1.807) is 19.2 Å². The molecule has 1 aromatic rings. The Balaban J connectivity index is 2.40. The average Bonchev–Trinajstić information content (AvgIpc) is 2.50. The van der Waals surface area contributed by atoms with Crippen molar-refractivity contribution in [2.24, 2.45) is 0 Å². The molecule has 0 bridgehead atoms. The molecular formula is C9H14N2O2S. The van der Waals surface area contributed by atoms with Crippen molar-refractivity contribution < 1.29 is 9.90 Å². The lowest BCUT2D eigenvalue weighted by atomic mass is 10.2. The number of rotatable bonds is 4. The summed E-state index contributed by atoms with van der Waals surface area (Å²) in [6.07, 6.45) is 0.194. The summed E-state index contributed by atoms with van der Waals surface area (Å²) in [7, 11) is 0. The van der Waals surface area contributed by atoms with E-state index in [4.69, 9.17) is 5.11 Å². The zero-order valence-electron chi connectivity index (χ0n) is 8.28. The number of nitrogens with one attached hydrogen (secondary N) is 1. The third-order valence-electron chi connectivity index (χ3n) is 1.84. The van der Waals surface area contributed by atoms with Gasteiger partial charge in [-0.1, -0.05) is 0 Å². The van der Waals surface area contributed by atoms with Crippen molar-refractivity contribution in [1.82, 2.24) is 9.69 Å². The first-order valence-electron chi connectivity index (χ1n) is 4.48. The Labute approximate surface area is 87.1 Å². The van der Waals surface area contributed by atoms with E-state index in [1.807, 2.05) is 0 Å². The number of carbonyl (C=O) groups excluding carboxylic acids is 1. The largest absolute Gasteiger partial charge is 0.393 e. The van der Waals surface area contributed by atoms with Crippen LogP contribution in [-0.2, 0) is 0 Å². The van der Waals surface area contributed by atoms with Crippen molar-refractivity contribution in [2.75, 3.05) is 6.54 Å². The highest BCUT2D eigenvalue weighted by Crippen LogP contribution is 2.08. The van der Waals surface area contributed by atoms with E-state index in [1.165, 1.54) is 11.5 Å². The number of hydrogen-bond donors (Lipinski definition) is 2. The maximum atomic E-state index is 11.5. The summed E-state index contributed by atoms with van der Waals surface area (Å²) in [5.74, 6) is -0.114. The first-order valence-corrected chi connectivity index (χ1v) is 5.32. The molecule has 0 aliphatic carbocycles. The molecule has 4 nitrogen and oxygen atoms in total. The van der Waals surface area contributed by atoms with Gasteiger partial charge in [0.1, 0.15) is 0 Å². The highest BCUT2D eigenvalue weighted by Gasteiger charge is 2.10. The molecule has 5 heteroatoms. The molecular weight excluding hydrogens is 200 g/mol. The van der Waals surface area contributed by atoms with Crippen LogP contribution < -0.4 is 5.32 Å². The molecule has 78 valence electrons. The Bertz CT molecular complexity index is 310. The van der Waals surface area contributed by atoms with Crippen molar-refractivity contribution in [3.63, 3.8) is 0 Å². The van der Waals surface area contributed by atoms with E-state index in [-0.39, 0.29) is 12.0 Å². The predicted molar refractivity (Wildman–Crippen MR) is 55.5 cm³/mol. The first kappa shape index (κ1) is 11.1. The van der Waals surface area contributed by atoms with Crippen molar-refractivity contribution >= 4 is 17.4 Å². The van der Waals surface area contributed by atoms with Crippen LogP contribution in [0.1, 0.15) is 29.4 Å². The highest BCUT2D eigenvalue weighted by molar-refractivity contribution is 7.03. The summed E-state index contributed by atoms with van der Waals surface area (Å²) >= 11 is 1.27. The maximum absolute atomic E-state index is 11.5. The number of aliphatic hydroxyl groups excluding tert-OH is 1. The second-order valence-corrected chi connectivity index (χ2v) is 3.84. The van der Waals surface area contributed by atoms with E-state index >= 15 is 0 Å². The molecule has 0 spiro atoms. The lowest BCUT2D eigenvalue weighted by Crippen LogP contribution is -2.26. The van der Waals surface area contributed by atoms with Gasteiger partial charge in [0.2, 0.25) is 0 Å². The standard InChI is InChI=1S/C9H14N2O2S/c1-6(12)3-4-10-9(13)8-5-14-11-7(8)2/h5-6,12H,3-4H2,1-2H3,(H,10,13). The number of hydrogen-bond acceptors (Lipinski definition) is 4. The van der Waals surface area contributed by atoms with Gasteiger partial charge < -0.3 is 10.4 Å². The molecule has 0 aliphatic rings. The summed E-state index contributed by atoms with van der Waals surface area (Å²) < 4.78 is 4.01. The van der Waals surface area contributed by atoms with Crippen molar-refractivity contribution in [1.29, 1.82) is 0 Å². The predicted octanol–water partition coefficient (Wildman–Crippen LogP) is 0.952. The van der Waals surface area contributed by atoms with E-state index in [9.17, 15) is 4.79 Å². The molecule has 0 saturated heterocycles. The molecule has 0 aliphatic heterocycles. The van der Waals surface area contributed by atoms with Gasteiger partial charge in [0, 0.05) is 11.9 Å². The maximum Gasteiger partial charge on any atom is 0.254 e. The van der Waals surface area contributed by atoms with E-state index in [2.05, 4.69) is 9.69 Å². The van der Waals surface area contributed by atoms with Gasteiger partial charge in [-0.05, 0) is 31.8 Å². The van der Waals surface area contributed by atoms with Crippen molar-refractivity contribution in [2.45, 2.75) is 26.4 Å². The minimum Gasteiger partial charge on any atom is -0.393 e. The van der Waals surface area contributed by atoms with Gasteiger partial charge in [-0.25, -0.2) is 0 Å². The van der Waals surface area contributed by atoms with Gasteiger partial charge in [0.25, 0.3) is 5.91 Å². The number of carbonyl (C=O) groups is 1. The number of aliphatic hydroxyl groups is 1. The normalized spacial score (nSPS) is 12.5. The molecule has 1 unspecified atom stereocenters. The van der Waals surface area contributed by atoms with Crippen LogP contribution >= 0.6 is 11.5 Å². The van der Waals surface area contributed by atoms with Gasteiger partial charge >= 0.3 is 0 Å². The fourth-order valence-corrected chi connectivity index (χ4v) is 1.69. The van der Waals surface area contributed by atoms with Gasteiger partial charge in [0.15, 0.2) is 0 Å². The fourth-order valence-electron chi connectivity index (χ4n) is 1.00. The van der Waals surface area contributed by atoms with Crippen LogP contribution in [0.3, 0.4) is 0 Å². The van der Waals surface area contributed by atoms with Gasteiger partial charge in [0.05, 0.1) is 17.4 Å². The zero-order chi connectivity index (χ0) is 10.6. The molecule has 1 aromatic heterocycles. The highest BCUT2D eigenvalue weighted by atomic mass is 32.1. The van der Waals surface area contributed by atoms with Crippen LogP contribution in [0.2, 0.25) is 0 Å². The summed E-state index contributed by atoms with van der Waals surface area (Å²) in [6, 6.07) is 0. The minimum atomic E-state index is -0.378. The van der Waals surface area contributed by atoms with Crippen LogP contribution in [0.25, 0.3) is 0 Å². The molecule has 0 radical (unpaired) electrons. The third-order valence-corrected chi connectivity index (χ3v) is 2.56. The molecule has 1 amide bonds. The summed E-state index contributed by atoms with van der Waals surface area (Å²) in [5.41, 5.74) is 1.38. The minimum absolute atomic E-state index is 0.114. The monoisotopic (exact) mass is 214 g/mol. The van der Waals surface area contributed by atoms with Gasteiger partial charge in [-0.3, -0.25) is 4.79 Å². The second-order valence-electron chi connectivity index (χ2n) is 3.21. The van der Waals surface area contributed by atoms with Crippen molar-refractivity contribution in [3.8, 4) is 0 Å². The quantitative estimate of drug-likeness (QED) is 0.784. The zero-order valence-corrected chi connectivity index (χ0v) is 9.10. The second kappa shape index (κ2) is 5.07. The molecule has 2 N–H and O–H groups in total. The van der Waals surface area contributed by atoms with Crippen LogP contribution in [0.5, 0.6) is 0 Å². The Morgan fingerprint density at radius 2 is 2.50 bits per heavy atom. The van der Waals surface area contributed by atoms with Gasteiger partial charge in [-0.2, -0.15) is 4.37 Å². The number of amides is 1. The Morgan fingerprint density at radius 1 is 1.79 bits per heavy atom. The summed E-state index contributed by atoms with van der Waals surface area (Å²) in [6.45, 7) is 4.00. The van der Waals surface area contributed by atoms with Crippen LogP contribution in [0.4, 0.5) is 0 Å². The van der Waals surface area contributed by atoms with Crippen LogP contribution in [0.15, 0.2) is 5.38 Å². The topological polar surface area (TPSA) is 62.2 Å². The number of nitrogens with zero attached hydrogens (tertiary/aromatic N) is 1. The lowest BCUT2D eigenvalue weighted by Gasteiger charge is -2.05. The van der Waals surface area contributed by atoms with E-state index < -0.39 is 0 Å². The molecule has 0 fully saturated rings. The Morgan fingerprint density at radius 3 is 3.00 bits per heavy atom. The summed E-state index contributed by atoms with van der Waals surface area (Å²) in [4.78, 5) is 11.5.